The lowest BCUT2D eigenvalue weighted by molar-refractivity contribution is -0.111. The van der Waals surface area contributed by atoms with E-state index in [2.05, 4.69) is 5.32 Å². The van der Waals surface area contributed by atoms with E-state index >= 15 is 0 Å². The van der Waals surface area contributed by atoms with E-state index in [4.69, 9.17) is 9.15 Å². The quantitative estimate of drug-likeness (QED) is 0.595. The minimum Gasteiger partial charge on any atom is -0.493 e. The van der Waals surface area contributed by atoms with Gasteiger partial charge < -0.3 is 19.4 Å². The zero-order valence-corrected chi connectivity index (χ0v) is 17.0. The molecular weight excluding hydrogens is 352 g/mol. The number of fused-ring (bicyclic) bond motifs is 1. The number of furan rings is 1. The number of nitrogens with zero attached hydrogens (tertiary/aromatic N) is 1. The van der Waals surface area contributed by atoms with Gasteiger partial charge in [0.25, 0.3) is 0 Å². The molecule has 1 heterocycles. The molecule has 3 aromatic rings. The maximum atomic E-state index is 12.5. The molecule has 146 valence electrons. The lowest BCUT2D eigenvalue weighted by atomic mass is 10.0. The van der Waals surface area contributed by atoms with Crippen molar-refractivity contribution >= 4 is 33.8 Å². The van der Waals surface area contributed by atoms with E-state index < -0.39 is 0 Å². The number of benzene rings is 2. The van der Waals surface area contributed by atoms with Crippen LogP contribution in [0.4, 0.5) is 11.4 Å². The Morgan fingerprint density at radius 3 is 2.57 bits per heavy atom. The third-order valence-electron chi connectivity index (χ3n) is 4.59. The SMILES string of the molecule is CCOc1cc2occ(C)c2cc1/C(C)=C/C(=O)Nc1ccc(N(C)C)cc1. The average molecular weight is 378 g/mol. The van der Waals surface area contributed by atoms with Crippen LogP contribution in [0.1, 0.15) is 25.0 Å². The molecule has 3 rings (SSSR count). The standard InChI is InChI=1S/C23H26N2O3/c1-6-27-21-13-22-20(16(3)14-28-22)12-19(21)15(2)11-23(26)24-17-7-9-18(10-8-17)25(4)5/h7-14H,6H2,1-5H3,(H,24,26)/b15-11+. The first kappa shape index (κ1) is 19.5. The first-order chi connectivity index (χ1) is 13.4. The highest BCUT2D eigenvalue weighted by atomic mass is 16.5. The van der Waals surface area contributed by atoms with Crippen LogP contribution in [0.2, 0.25) is 0 Å². The molecule has 5 heteroatoms. The van der Waals surface area contributed by atoms with E-state index in [1.165, 1.54) is 0 Å². The van der Waals surface area contributed by atoms with Gasteiger partial charge in [0.1, 0.15) is 11.3 Å². The summed E-state index contributed by atoms with van der Waals surface area (Å²) in [5.41, 5.74) is 5.38. The second-order valence-corrected chi connectivity index (χ2v) is 6.95. The fourth-order valence-corrected chi connectivity index (χ4v) is 3.06. The predicted molar refractivity (Wildman–Crippen MR) is 115 cm³/mol. The van der Waals surface area contributed by atoms with Crippen molar-refractivity contribution in [3.63, 3.8) is 0 Å². The lowest BCUT2D eigenvalue weighted by Crippen LogP contribution is -2.10. The van der Waals surface area contributed by atoms with Crippen molar-refractivity contribution < 1.29 is 13.9 Å². The molecular formula is C23H26N2O3. The van der Waals surface area contributed by atoms with E-state index in [1.807, 2.05) is 76.2 Å². The highest BCUT2D eigenvalue weighted by Gasteiger charge is 2.13. The molecule has 0 saturated carbocycles. The molecule has 0 fully saturated rings. The molecule has 0 atom stereocenters. The van der Waals surface area contributed by atoms with Gasteiger partial charge in [-0.05, 0) is 62.2 Å². The largest absolute Gasteiger partial charge is 0.493 e. The first-order valence-electron chi connectivity index (χ1n) is 9.30. The van der Waals surface area contributed by atoms with Crippen LogP contribution in [-0.2, 0) is 4.79 Å². The molecule has 0 radical (unpaired) electrons. The summed E-state index contributed by atoms with van der Waals surface area (Å²) in [7, 11) is 3.96. The molecule has 2 aromatic carbocycles. The summed E-state index contributed by atoms with van der Waals surface area (Å²) >= 11 is 0. The smallest absolute Gasteiger partial charge is 0.248 e. The van der Waals surface area contributed by atoms with Crippen molar-refractivity contribution in [1.29, 1.82) is 0 Å². The molecule has 0 spiro atoms. The van der Waals surface area contributed by atoms with E-state index in [1.54, 1.807) is 12.3 Å². The van der Waals surface area contributed by atoms with Crippen LogP contribution in [-0.4, -0.2) is 26.6 Å². The van der Waals surface area contributed by atoms with E-state index in [0.29, 0.717) is 12.4 Å². The molecule has 0 aliphatic rings. The summed E-state index contributed by atoms with van der Waals surface area (Å²) in [6.45, 7) is 6.38. The van der Waals surface area contributed by atoms with Crippen LogP contribution in [0, 0.1) is 6.92 Å². The van der Waals surface area contributed by atoms with Crippen LogP contribution in [0.5, 0.6) is 5.75 Å². The predicted octanol–water partition coefficient (Wildman–Crippen LogP) is 5.25. The normalized spacial score (nSPS) is 11.5. The second-order valence-electron chi connectivity index (χ2n) is 6.95. The summed E-state index contributed by atoms with van der Waals surface area (Å²) in [5.74, 6) is 0.530. The van der Waals surface area contributed by atoms with Gasteiger partial charge in [-0.3, -0.25) is 4.79 Å². The molecule has 1 amide bonds. The number of nitrogens with one attached hydrogen (secondary N) is 1. The third kappa shape index (κ3) is 4.19. The van der Waals surface area contributed by atoms with Gasteiger partial charge in [0, 0.05) is 48.6 Å². The van der Waals surface area contributed by atoms with Gasteiger partial charge in [-0.2, -0.15) is 0 Å². The second kappa shape index (κ2) is 8.21. The number of anilines is 2. The van der Waals surface area contributed by atoms with Gasteiger partial charge in [0.05, 0.1) is 12.9 Å². The Morgan fingerprint density at radius 2 is 1.93 bits per heavy atom. The van der Waals surface area contributed by atoms with Crippen LogP contribution >= 0.6 is 0 Å². The molecule has 0 saturated heterocycles. The van der Waals surface area contributed by atoms with Crippen LogP contribution in [0.15, 0.2) is 53.2 Å². The summed E-state index contributed by atoms with van der Waals surface area (Å²) in [6, 6.07) is 11.6. The van der Waals surface area contributed by atoms with Gasteiger partial charge >= 0.3 is 0 Å². The van der Waals surface area contributed by atoms with E-state index in [0.717, 1.165) is 39.0 Å². The number of hydrogen-bond acceptors (Lipinski definition) is 4. The number of allylic oxidation sites excluding steroid dienone is 1. The van der Waals surface area contributed by atoms with Crippen LogP contribution < -0.4 is 15.0 Å². The van der Waals surface area contributed by atoms with Gasteiger partial charge in [0.15, 0.2) is 0 Å². The summed E-state index contributed by atoms with van der Waals surface area (Å²) in [6.07, 6.45) is 3.33. The highest BCUT2D eigenvalue weighted by molar-refractivity contribution is 6.04. The molecule has 0 aliphatic carbocycles. The minimum atomic E-state index is -0.179. The van der Waals surface area contributed by atoms with Crippen molar-refractivity contribution in [1.82, 2.24) is 0 Å². The van der Waals surface area contributed by atoms with E-state index in [9.17, 15) is 4.79 Å². The van der Waals surface area contributed by atoms with Crippen molar-refractivity contribution in [2.75, 3.05) is 30.9 Å². The van der Waals surface area contributed by atoms with Crippen molar-refractivity contribution in [2.45, 2.75) is 20.8 Å². The minimum absolute atomic E-state index is 0.179. The number of rotatable bonds is 6. The van der Waals surface area contributed by atoms with Crippen molar-refractivity contribution in [3.05, 3.63) is 59.9 Å². The Morgan fingerprint density at radius 1 is 1.21 bits per heavy atom. The Hall–Kier alpha value is -3.21. The van der Waals surface area contributed by atoms with Gasteiger partial charge in [-0.15, -0.1) is 0 Å². The maximum absolute atomic E-state index is 12.5. The molecule has 0 bridgehead atoms. The maximum Gasteiger partial charge on any atom is 0.248 e. The molecule has 0 aliphatic heterocycles. The van der Waals surface area contributed by atoms with Crippen LogP contribution in [0.3, 0.4) is 0 Å². The van der Waals surface area contributed by atoms with Gasteiger partial charge in [0.2, 0.25) is 5.91 Å². The molecule has 0 unspecified atom stereocenters. The monoisotopic (exact) mass is 378 g/mol. The fourth-order valence-electron chi connectivity index (χ4n) is 3.06. The molecule has 1 aromatic heterocycles. The molecule has 5 nitrogen and oxygen atoms in total. The molecule has 1 N–H and O–H groups in total. The Kier molecular flexibility index (Phi) is 5.73. The third-order valence-corrected chi connectivity index (χ3v) is 4.59. The highest BCUT2D eigenvalue weighted by Crippen LogP contribution is 2.33. The Balaban J connectivity index is 1.86. The first-order valence-corrected chi connectivity index (χ1v) is 9.30. The zero-order valence-electron chi connectivity index (χ0n) is 17.0. The zero-order chi connectivity index (χ0) is 20.3. The number of carbonyl (C=O) groups is 1. The Labute approximate surface area is 165 Å². The number of carbonyl (C=O) groups excluding carboxylic acids is 1. The number of amides is 1. The summed E-state index contributed by atoms with van der Waals surface area (Å²) in [5, 5.41) is 3.93. The van der Waals surface area contributed by atoms with Crippen LogP contribution in [0.25, 0.3) is 16.5 Å². The number of hydrogen-bond donors (Lipinski definition) is 1. The summed E-state index contributed by atoms with van der Waals surface area (Å²) in [4.78, 5) is 14.5. The molecule has 28 heavy (non-hydrogen) atoms. The van der Waals surface area contributed by atoms with E-state index in [-0.39, 0.29) is 5.91 Å². The van der Waals surface area contributed by atoms with Crippen molar-refractivity contribution in [3.8, 4) is 5.75 Å². The van der Waals surface area contributed by atoms with Gasteiger partial charge in [-0.1, -0.05) is 0 Å². The number of aryl methyl sites for hydroxylation is 1. The fraction of sp³-hybridized carbons (Fsp3) is 0.261. The number of ether oxygens (including phenoxy) is 1. The lowest BCUT2D eigenvalue weighted by Gasteiger charge is -2.13. The topological polar surface area (TPSA) is 54.7 Å². The summed E-state index contributed by atoms with van der Waals surface area (Å²) < 4.78 is 11.3. The Bertz CT molecular complexity index is 1010. The van der Waals surface area contributed by atoms with Crippen molar-refractivity contribution in [2.24, 2.45) is 0 Å². The van der Waals surface area contributed by atoms with Gasteiger partial charge in [-0.25, -0.2) is 0 Å². The average Bonchev–Trinajstić information content (AvgIpc) is 3.01.